The van der Waals surface area contributed by atoms with Crippen LogP contribution in [0.2, 0.25) is 0 Å². The van der Waals surface area contributed by atoms with E-state index in [1.54, 1.807) is 31.2 Å². The highest BCUT2D eigenvalue weighted by molar-refractivity contribution is 7.18. The van der Waals surface area contributed by atoms with Gasteiger partial charge in [-0.2, -0.15) is 0 Å². The van der Waals surface area contributed by atoms with Gasteiger partial charge in [0.2, 0.25) is 6.23 Å². The number of methoxy groups -OCH3 is 1. The van der Waals surface area contributed by atoms with E-state index in [2.05, 4.69) is 5.32 Å². The highest BCUT2D eigenvalue weighted by atomic mass is 32.1. The summed E-state index contributed by atoms with van der Waals surface area (Å²) in [5.74, 6) is -1.11. The number of ketones is 1. The number of carbonyl (C=O) groups is 3. The molecule has 1 N–H and O–H groups in total. The lowest BCUT2D eigenvalue weighted by molar-refractivity contribution is 0.0437. The van der Waals surface area contributed by atoms with Gasteiger partial charge in [0.25, 0.3) is 0 Å². The number of nitrogens with one attached hydrogen (secondary N) is 1. The predicted octanol–water partition coefficient (Wildman–Crippen LogP) is 3.33. The van der Waals surface area contributed by atoms with Gasteiger partial charge in [-0.05, 0) is 25.5 Å². The van der Waals surface area contributed by atoms with Crippen LogP contribution in [0.15, 0.2) is 24.3 Å². The summed E-state index contributed by atoms with van der Waals surface area (Å²) in [6.07, 6.45) is -0.713. The summed E-state index contributed by atoms with van der Waals surface area (Å²) < 4.78 is 10.1. The van der Waals surface area contributed by atoms with Crippen molar-refractivity contribution in [2.45, 2.75) is 20.1 Å². The Kier molecular flexibility index (Phi) is 4.11. The van der Waals surface area contributed by atoms with Gasteiger partial charge in [-0.15, -0.1) is 11.3 Å². The molecule has 0 bridgehead atoms. The van der Waals surface area contributed by atoms with Crippen molar-refractivity contribution < 1.29 is 23.9 Å². The lowest BCUT2D eigenvalue weighted by atomic mass is 10.1. The lowest BCUT2D eigenvalue weighted by Crippen LogP contribution is -2.13. The van der Waals surface area contributed by atoms with E-state index >= 15 is 0 Å². The molecule has 0 spiro atoms. The molecule has 0 fully saturated rings. The molecule has 0 unspecified atom stereocenters. The van der Waals surface area contributed by atoms with Crippen molar-refractivity contribution in [1.29, 1.82) is 0 Å². The molecule has 3 rings (SSSR count). The fourth-order valence-electron chi connectivity index (χ4n) is 2.67. The molecule has 1 atom stereocenters. The van der Waals surface area contributed by atoms with Gasteiger partial charge in [-0.1, -0.05) is 18.2 Å². The quantitative estimate of drug-likeness (QED) is 0.676. The Balaban J connectivity index is 2.02. The second-order valence-electron chi connectivity index (χ2n) is 5.33. The first-order valence-corrected chi connectivity index (χ1v) is 8.04. The summed E-state index contributed by atoms with van der Waals surface area (Å²) in [6, 6.07) is 7.02. The number of fused-ring (bicyclic) bond motifs is 1. The standard InChI is InChI=1S/C17H15NO5S/c1-8-12(17(21)22-3)15(24-13(8)9(2)19)18-14-10-6-4-5-7-11(10)16(20)23-14/h4-7,14,18H,1-3H3/t14-/m1/s1. The summed E-state index contributed by atoms with van der Waals surface area (Å²) in [7, 11) is 1.28. The molecule has 0 saturated carbocycles. The van der Waals surface area contributed by atoms with Crippen molar-refractivity contribution >= 4 is 34.1 Å². The van der Waals surface area contributed by atoms with E-state index in [9.17, 15) is 14.4 Å². The third kappa shape index (κ3) is 2.56. The minimum Gasteiger partial charge on any atom is -0.465 e. The summed E-state index contributed by atoms with van der Waals surface area (Å²) in [6.45, 7) is 3.13. The highest BCUT2D eigenvalue weighted by Gasteiger charge is 2.33. The molecule has 1 aromatic heterocycles. The zero-order chi connectivity index (χ0) is 17.4. The lowest BCUT2D eigenvalue weighted by Gasteiger charge is -2.14. The van der Waals surface area contributed by atoms with E-state index in [1.807, 2.05) is 0 Å². The predicted molar refractivity (Wildman–Crippen MR) is 88.6 cm³/mol. The van der Waals surface area contributed by atoms with Crippen LogP contribution in [-0.2, 0) is 9.47 Å². The van der Waals surface area contributed by atoms with Crippen molar-refractivity contribution in [3.8, 4) is 0 Å². The number of anilines is 1. The minimum absolute atomic E-state index is 0.139. The Bertz CT molecular complexity index is 855. The summed E-state index contributed by atoms with van der Waals surface area (Å²) in [5.41, 5.74) is 2.01. The van der Waals surface area contributed by atoms with Crippen molar-refractivity contribution in [2.24, 2.45) is 0 Å². The molecule has 7 heteroatoms. The van der Waals surface area contributed by atoms with Crippen LogP contribution in [0.1, 0.15) is 54.7 Å². The number of carbonyl (C=O) groups excluding carboxylic acids is 3. The van der Waals surface area contributed by atoms with Crippen LogP contribution in [0, 0.1) is 6.92 Å². The van der Waals surface area contributed by atoms with Gasteiger partial charge in [0.15, 0.2) is 5.78 Å². The van der Waals surface area contributed by atoms with Gasteiger partial charge in [-0.3, -0.25) is 4.79 Å². The number of rotatable bonds is 4. The summed E-state index contributed by atoms with van der Waals surface area (Å²) in [5, 5.41) is 3.49. The van der Waals surface area contributed by atoms with Gasteiger partial charge >= 0.3 is 11.9 Å². The number of benzene rings is 1. The van der Waals surface area contributed by atoms with E-state index in [1.165, 1.54) is 14.0 Å². The average Bonchev–Trinajstić information content (AvgIpc) is 3.05. The number of Topliss-reactive ketones (excluding diaryl/α,β-unsaturated/α-hetero) is 1. The SMILES string of the molecule is COC(=O)c1c(N[C@@H]2OC(=O)c3ccccc32)sc(C(C)=O)c1C. The van der Waals surface area contributed by atoms with Crippen molar-refractivity contribution in [3.63, 3.8) is 0 Å². The normalized spacial score (nSPS) is 15.6. The van der Waals surface area contributed by atoms with Crippen molar-refractivity contribution in [1.82, 2.24) is 0 Å². The van der Waals surface area contributed by atoms with Gasteiger partial charge in [0.1, 0.15) is 5.00 Å². The van der Waals surface area contributed by atoms with E-state index in [-0.39, 0.29) is 11.3 Å². The molecule has 2 aromatic rings. The van der Waals surface area contributed by atoms with Gasteiger partial charge in [-0.25, -0.2) is 9.59 Å². The first kappa shape index (κ1) is 16.2. The minimum atomic E-state index is -0.713. The third-order valence-corrected chi connectivity index (χ3v) is 5.13. The zero-order valence-corrected chi connectivity index (χ0v) is 14.2. The molecular formula is C17H15NO5S. The van der Waals surface area contributed by atoms with E-state index in [4.69, 9.17) is 9.47 Å². The molecule has 2 heterocycles. The molecule has 6 nitrogen and oxygen atoms in total. The van der Waals surface area contributed by atoms with E-state index in [0.29, 0.717) is 26.6 Å². The number of thiophene rings is 1. The molecule has 124 valence electrons. The number of hydrogen-bond acceptors (Lipinski definition) is 7. The van der Waals surface area contributed by atoms with Crippen LogP contribution in [0.4, 0.5) is 5.00 Å². The van der Waals surface area contributed by atoms with E-state index < -0.39 is 18.2 Å². The maximum Gasteiger partial charge on any atom is 0.341 e. The molecule has 1 aromatic carbocycles. The Hall–Kier alpha value is -2.67. The Morgan fingerprint density at radius 3 is 2.67 bits per heavy atom. The van der Waals surface area contributed by atoms with Gasteiger partial charge in [0, 0.05) is 5.56 Å². The smallest absolute Gasteiger partial charge is 0.341 e. The molecule has 24 heavy (non-hydrogen) atoms. The second-order valence-corrected chi connectivity index (χ2v) is 6.35. The molecule has 0 aliphatic carbocycles. The van der Waals surface area contributed by atoms with Gasteiger partial charge < -0.3 is 14.8 Å². The average molecular weight is 345 g/mol. The maximum atomic E-state index is 12.1. The molecule has 0 saturated heterocycles. The molecule has 1 aliphatic rings. The Morgan fingerprint density at radius 2 is 2.00 bits per heavy atom. The monoisotopic (exact) mass is 345 g/mol. The van der Waals surface area contributed by atoms with Crippen LogP contribution in [0.3, 0.4) is 0 Å². The molecule has 0 radical (unpaired) electrons. The van der Waals surface area contributed by atoms with Crippen LogP contribution in [0.5, 0.6) is 0 Å². The Labute approximate surface area is 142 Å². The number of hydrogen-bond donors (Lipinski definition) is 1. The van der Waals surface area contributed by atoms with Crippen molar-refractivity contribution in [3.05, 3.63) is 51.4 Å². The van der Waals surface area contributed by atoms with Crippen LogP contribution < -0.4 is 5.32 Å². The molecular weight excluding hydrogens is 330 g/mol. The van der Waals surface area contributed by atoms with Crippen LogP contribution >= 0.6 is 11.3 Å². The largest absolute Gasteiger partial charge is 0.465 e. The van der Waals surface area contributed by atoms with Crippen LogP contribution in [0.25, 0.3) is 0 Å². The van der Waals surface area contributed by atoms with E-state index in [0.717, 1.165) is 11.3 Å². The highest BCUT2D eigenvalue weighted by Crippen LogP contribution is 2.38. The maximum absolute atomic E-state index is 12.1. The number of cyclic esters (lactones) is 1. The van der Waals surface area contributed by atoms with Gasteiger partial charge in [0.05, 0.1) is 23.1 Å². The first-order chi connectivity index (χ1) is 11.4. The topological polar surface area (TPSA) is 81.7 Å². The number of ether oxygens (including phenoxy) is 2. The Morgan fingerprint density at radius 1 is 1.29 bits per heavy atom. The zero-order valence-electron chi connectivity index (χ0n) is 13.3. The molecule has 1 aliphatic heterocycles. The molecule has 0 amide bonds. The summed E-state index contributed by atoms with van der Waals surface area (Å²) >= 11 is 1.15. The first-order valence-electron chi connectivity index (χ1n) is 7.23. The number of esters is 2. The van der Waals surface area contributed by atoms with Crippen LogP contribution in [-0.4, -0.2) is 24.8 Å². The fraction of sp³-hybridized carbons (Fsp3) is 0.235. The summed E-state index contributed by atoms with van der Waals surface area (Å²) in [4.78, 5) is 36.3. The third-order valence-electron chi connectivity index (χ3n) is 3.81. The fourth-order valence-corrected chi connectivity index (χ4v) is 3.78. The van der Waals surface area contributed by atoms with Crippen molar-refractivity contribution in [2.75, 3.05) is 12.4 Å². The second kappa shape index (κ2) is 6.09.